The number of hydrogen-bond donors (Lipinski definition) is 1. The number of amides is 1. The van der Waals surface area contributed by atoms with Crippen molar-refractivity contribution < 1.29 is 14.3 Å². The number of benzene rings is 1. The molecular formula is C21H24N2O3S. The third-order valence-electron chi connectivity index (χ3n) is 5.28. The number of carbonyl (C=O) groups excluding carboxylic acids is 1. The van der Waals surface area contributed by atoms with E-state index in [1.165, 1.54) is 23.1 Å². The van der Waals surface area contributed by atoms with Crippen molar-refractivity contribution in [3.05, 3.63) is 47.0 Å². The molecular weight excluding hydrogens is 360 g/mol. The number of carbonyl (C=O) groups is 1. The zero-order valence-electron chi connectivity index (χ0n) is 15.7. The first-order valence-corrected chi connectivity index (χ1v) is 10.2. The van der Waals surface area contributed by atoms with E-state index in [1.807, 2.05) is 24.3 Å². The summed E-state index contributed by atoms with van der Waals surface area (Å²) in [6.45, 7) is 0.447. The number of rotatable bonds is 6. The molecule has 0 bridgehead atoms. The normalized spacial score (nSPS) is 14.6. The van der Waals surface area contributed by atoms with E-state index >= 15 is 0 Å². The van der Waals surface area contributed by atoms with Crippen molar-refractivity contribution in [3.63, 3.8) is 0 Å². The minimum absolute atomic E-state index is 0.0277. The summed E-state index contributed by atoms with van der Waals surface area (Å²) in [4.78, 5) is 13.0. The number of fused-ring (bicyclic) bond motifs is 1. The van der Waals surface area contributed by atoms with Crippen LogP contribution >= 0.6 is 11.3 Å². The standard InChI is InChI=1S/C21H24N2O3S/c1-25-18-8-7-14(11-19(18)26-2)13-22-21(24)17-12-20-16(9-10-27-20)23(17)15-5-3-4-6-15/h7-12,15H,3-6,13H2,1-2H3,(H,22,24). The third kappa shape index (κ3) is 3.41. The third-order valence-corrected chi connectivity index (χ3v) is 6.14. The van der Waals surface area contributed by atoms with Crippen LogP contribution in [-0.2, 0) is 6.54 Å². The van der Waals surface area contributed by atoms with Crippen LogP contribution in [0.3, 0.4) is 0 Å². The second kappa shape index (κ2) is 7.64. The van der Waals surface area contributed by atoms with E-state index in [1.54, 1.807) is 25.6 Å². The van der Waals surface area contributed by atoms with Crippen LogP contribution in [0.4, 0.5) is 0 Å². The highest BCUT2D eigenvalue weighted by atomic mass is 32.1. The zero-order chi connectivity index (χ0) is 18.8. The van der Waals surface area contributed by atoms with Crippen LogP contribution in [0.15, 0.2) is 35.7 Å². The highest BCUT2D eigenvalue weighted by Crippen LogP contribution is 2.36. The summed E-state index contributed by atoms with van der Waals surface area (Å²) in [5.74, 6) is 1.32. The Balaban J connectivity index is 1.55. The van der Waals surface area contributed by atoms with Gasteiger partial charge in [0.05, 0.1) is 24.4 Å². The molecule has 0 spiro atoms. The second-order valence-electron chi connectivity index (χ2n) is 6.88. The summed E-state index contributed by atoms with van der Waals surface area (Å²) in [6, 6.07) is 10.3. The van der Waals surface area contributed by atoms with Gasteiger partial charge in [-0.1, -0.05) is 18.9 Å². The van der Waals surface area contributed by atoms with E-state index in [9.17, 15) is 4.79 Å². The zero-order valence-corrected chi connectivity index (χ0v) is 16.5. The Labute approximate surface area is 162 Å². The molecule has 1 amide bonds. The smallest absolute Gasteiger partial charge is 0.268 e. The van der Waals surface area contributed by atoms with Crippen LogP contribution in [0.1, 0.15) is 47.8 Å². The van der Waals surface area contributed by atoms with Gasteiger partial charge in [0.1, 0.15) is 5.69 Å². The lowest BCUT2D eigenvalue weighted by atomic mass is 10.2. The summed E-state index contributed by atoms with van der Waals surface area (Å²) >= 11 is 1.69. The molecule has 0 unspecified atom stereocenters. The van der Waals surface area contributed by atoms with Crippen molar-refractivity contribution in [1.82, 2.24) is 9.88 Å². The fourth-order valence-corrected chi connectivity index (χ4v) is 4.75. The van der Waals surface area contributed by atoms with E-state index in [0.717, 1.165) is 24.1 Å². The summed E-state index contributed by atoms with van der Waals surface area (Å²) in [7, 11) is 3.23. The second-order valence-corrected chi connectivity index (χ2v) is 7.83. The monoisotopic (exact) mass is 384 g/mol. The summed E-state index contributed by atoms with van der Waals surface area (Å²) in [6.07, 6.45) is 4.77. The number of nitrogens with one attached hydrogen (secondary N) is 1. The predicted molar refractivity (Wildman–Crippen MR) is 108 cm³/mol. The first-order valence-electron chi connectivity index (χ1n) is 9.29. The van der Waals surface area contributed by atoms with E-state index < -0.39 is 0 Å². The van der Waals surface area contributed by atoms with Gasteiger partial charge in [0.25, 0.3) is 5.91 Å². The molecule has 4 rings (SSSR count). The number of methoxy groups -OCH3 is 2. The Bertz CT molecular complexity index is 954. The molecule has 6 heteroatoms. The van der Waals surface area contributed by atoms with Gasteiger partial charge in [-0.2, -0.15) is 0 Å². The van der Waals surface area contributed by atoms with Crippen LogP contribution in [0, 0.1) is 0 Å². The molecule has 1 N–H and O–H groups in total. The maximum absolute atomic E-state index is 13.0. The summed E-state index contributed by atoms with van der Waals surface area (Å²) in [5.41, 5.74) is 2.93. The van der Waals surface area contributed by atoms with E-state index in [0.29, 0.717) is 24.1 Å². The van der Waals surface area contributed by atoms with Gasteiger partial charge in [0.15, 0.2) is 11.5 Å². The fourth-order valence-electron chi connectivity index (χ4n) is 3.94. The molecule has 1 aromatic carbocycles. The Morgan fingerprint density at radius 1 is 1.15 bits per heavy atom. The SMILES string of the molecule is COc1ccc(CNC(=O)c2cc3sccc3n2C2CCCC2)cc1OC. The van der Waals surface area contributed by atoms with Gasteiger partial charge < -0.3 is 19.4 Å². The topological polar surface area (TPSA) is 52.5 Å². The van der Waals surface area contributed by atoms with E-state index in [4.69, 9.17) is 9.47 Å². The van der Waals surface area contributed by atoms with Crippen LogP contribution in [0.2, 0.25) is 0 Å². The van der Waals surface area contributed by atoms with Gasteiger partial charge in [0, 0.05) is 12.6 Å². The number of ether oxygens (including phenoxy) is 2. The largest absolute Gasteiger partial charge is 0.493 e. The van der Waals surface area contributed by atoms with Gasteiger partial charge in [-0.15, -0.1) is 11.3 Å². The minimum atomic E-state index is -0.0277. The fraction of sp³-hybridized carbons (Fsp3) is 0.381. The van der Waals surface area contributed by atoms with Gasteiger partial charge in [-0.3, -0.25) is 4.79 Å². The van der Waals surface area contributed by atoms with Crippen LogP contribution < -0.4 is 14.8 Å². The van der Waals surface area contributed by atoms with E-state index in [2.05, 4.69) is 21.3 Å². The molecule has 27 heavy (non-hydrogen) atoms. The molecule has 0 aliphatic heterocycles. The maximum atomic E-state index is 13.0. The van der Waals surface area contributed by atoms with Gasteiger partial charge in [-0.25, -0.2) is 0 Å². The highest BCUT2D eigenvalue weighted by molar-refractivity contribution is 7.17. The average Bonchev–Trinajstić information content (AvgIpc) is 3.42. The molecule has 1 fully saturated rings. The molecule has 142 valence electrons. The molecule has 2 aromatic heterocycles. The number of nitrogens with zero attached hydrogens (tertiary/aromatic N) is 1. The van der Waals surface area contributed by atoms with Gasteiger partial charge in [0.2, 0.25) is 0 Å². The molecule has 0 radical (unpaired) electrons. The van der Waals surface area contributed by atoms with Crippen molar-refractivity contribution in [1.29, 1.82) is 0 Å². The van der Waals surface area contributed by atoms with E-state index in [-0.39, 0.29) is 5.91 Å². The first-order chi connectivity index (χ1) is 13.2. The molecule has 0 atom stereocenters. The lowest BCUT2D eigenvalue weighted by molar-refractivity contribution is 0.0940. The molecule has 1 aliphatic carbocycles. The molecule has 5 nitrogen and oxygen atoms in total. The Morgan fingerprint density at radius 3 is 2.67 bits per heavy atom. The van der Waals surface area contributed by atoms with Gasteiger partial charge in [-0.05, 0) is 48.1 Å². The average molecular weight is 385 g/mol. The van der Waals surface area contributed by atoms with Crippen LogP contribution in [0.5, 0.6) is 11.5 Å². The number of hydrogen-bond acceptors (Lipinski definition) is 4. The van der Waals surface area contributed by atoms with Crippen molar-refractivity contribution >= 4 is 27.5 Å². The summed E-state index contributed by atoms with van der Waals surface area (Å²) in [5, 5.41) is 5.17. The molecule has 1 saturated carbocycles. The molecule has 2 heterocycles. The van der Waals surface area contributed by atoms with Crippen LogP contribution in [0.25, 0.3) is 10.2 Å². The maximum Gasteiger partial charge on any atom is 0.268 e. The quantitative estimate of drug-likeness (QED) is 0.666. The molecule has 1 aliphatic rings. The van der Waals surface area contributed by atoms with Crippen LogP contribution in [-0.4, -0.2) is 24.7 Å². The van der Waals surface area contributed by atoms with Crippen molar-refractivity contribution in [2.45, 2.75) is 38.3 Å². The highest BCUT2D eigenvalue weighted by Gasteiger charge is 2.24. The molecule has 3 aromatic rings. The Morgan fingerprint density at radius 2 is 1.93 bits per heavy atom. The Hall–Kier alpha value is -2.47. The lowest BCUT2D eigenvalue weighted by Crippen LogP contribution is -2.26. The predicted octanol–water partition coefficient (Wildman–Crippen LogP) is 4.77. The lowest BCUT2D eigenvalue weighted by Gasteiger charge is -2.17. The number of thiophene rings is 1. The Kier molecular flexibility index (Phi) is 5.07. The number of aromatic nitrogens is 1. The van der Waals surface area contributed by atoms with Crippen molar-refractivity contribution in [2.24, 2.45) is 0 Å². The van der Waals surface area contributed by atoms with Crippen molar-refractivity contribution in [3.8, 4) is 11.5 Å². The minimum Gasteiger partial charge on any atom is -0.493 e. The molecule has 0 saturated heterocycles. The van der Waals surface area contributed by atoms with Gasteiger partial charge >= 0.3 is 0 Å². The van der Waals surface area contributed by atoms with Crippen molar-refractivity contribution in [2.75, 3.05) is 14.2 Å². The first kappa shape index (κ1) is 17.9. The summed E-state index contributed by atoms with van der Waals surface area (Å²) < 4.78 is 14.0.